The van der Waals surface area contributed by atoms with Crippen molar-refractivity contribution < 1.29 is 9.59 Å². The predicted molar refractivity (Wildman–Crippen MR) is 169 cm³/mol. The largest absolute Gasteiger partial charge is 0.380 e. The Hall–Kier alpha value is -3.40. The van der Waals surface area contributed by atoms with Gasteiger partial charge in [-0.05, 0) is 29.2 Å². The quantitative estimate of drug-likeness (QED) is 0.178. The zero-order valence-corrected chi connectivity index (χ0v) is 24.9. The lowest BCUT2D eigenvalue weighted by Crippen LogP contribution is -2.37. The van der Waals surface area contributed by atoms with Crippen molar-refractivity contribution in [2.24, 2.45) is 0 Å². The Balaban J connectivity index is 0.00000216. The summed E-state index contributed by atoms with van der Waals surface area (Å²) in [5, 5.41) is 9.12. The van der Waals surface area contributed by atoms with Crippen LogP contribution in [-0.2, 0) is 6.42 Å². The molecule has 0 aliphatic heterocycles. The van der Waals surface area contributed by atoms with Gasteiger partial charge in [0.05, 0.1) is 0 Å². The van der Waals surface area contributed by atoms with Crippen LogP contribution in [0.4, 0.5) is 0 Å². The van der Waals surface area contributed by atoms with E-state index in [0.717, 1.165) is 19.3 Å². The lowest BCUT2D eigenvalue weighted by molar-refractivity contribution is 0.0962. The first-order chi connectivity index (χ1) is 19.7. The van der Waals surface area contributed by atoms with Gasteiger partial charge in [0.15, 0.2) is 0 Å². The Labute approximate surface area is 241 Å². The molecule has 4 heteroatoms. The summed E-state index contributed by atoms with van der Waals surface area (Å²) in [7, 11) is 0. The van der Waals surface area contributed by atoms with E-state index in [0.29, 0.717) is 35.6 Å². The summed E-state index contributed by atoms with van der Waals surface area (Å²) >= 11 is 0. The molecule has 214 valence electrons. The minimum Gasteiger partial charge on any atom is -0.380 e. The molecule has 0 amide bonds. The highest BCUT2D eigenvalue weighted by Crippen LogP contribution is 2.24. The monoisotopic (exact) mass is 540 g/mol. The molecular weight excluding hydrogens is 492 g/mol. The normalized spacial score (nSPS) is 12.7. The van der Waals surface area contributed by atoms with Crippen LogP contribution in [0.25, 0.3) is 10.8 Å². The smallest absolute Gasteiger partial charge is 0.211 e. The number of carbonyl (C=O) groups is 2. The molecule has 0 spiro atoms. The molecule has 0 saturated heterocycles. The molecule has 0 fully saturated rings. The van der Waals surface area contributed by atoms with Crippen molar-refractivity contribution in [2.45, 2.75) is 91.4 Å². The van der Waals surface area contributed by atoms with Crippen molar-refractivity contribution in [1.82, 2.24) is 10.6 Å². The number of carbonyl (C=O) groups excluding carboxylic acids is 2. The van der Waals surface area contributed by atoms with Gasteiger partial charge in [0, 0.05) is 24.2 Å². The van der Waals surface area contributed by atoms with Crippen LogP contribution in [0.5, 0.6) is 0 Å². The van der Waals surface area contributed by atoms with Gasteiger partial charge in [-0.2, -0.15) is 0 Å². The van der Waals surface area contributed by atoms with Gasteiger partial charge in [-0.1, -0.05) is 145 Å². The fraction of sp³-hybridized carbons (Fsp3) is 0.444. The Morgan fingerprint density at radius 3 is 1.68 bits per heavy atom. The van der Waals surface area contributed by atoms with Crippen molar-refractivity contribution in [3.05, 3.63) is 94.8 Å². The molecule has 1 aliphatic carbocycles. The van der Waals surface area contributed by atoms with E-state index in [1.807, 2.05) is 32.0 Å². The van der Waals surface area contributed by atoms with Crippen LogP contribution in [0.15, 0.2) is 78.1 Å². The molecule has 0 heterocycles. The number of fused-ring (bicyclic) bond motifs is 2. The summed E-state index contributed by atoms with van der Waals surface area (Å²) in [6.45, 7) is 7.53. The molecule has 4 nitrogen and oxygen atoms in total. The van der Waals surface area contributed by atoms with E-state index in [9.17, 15) is 9.59 Å². The second-order valence-electron chi connectivity index (χ2n) is 10.4. The van der Waals surface area contributed by atoms with Crippen molar-refractivity contribution in [2.75, 3.05) is 13.1 Å². The number of rotatable bonds is 16. The molecule has 0 radical (unpaired) electrons. The number of hydrogen-bond donors (Lipinski definition) is 2. The molecule has 0 bridgehead atoms. The van der Waals surface area contributed by atoms with Crippen molar-refractivity contribution >= 4 is 22.3 Å². The van der Waals surface area contributed by atoms with Crippen LogP contribution in [-0.4, -0.2) is 24.7 Å². The topological polar surface area (TPSA) is 58.2 Å². The molecule has 4 rings (SSSR count). The van der Waals surface area contributed by atoms with E-state index in [2.05, 4.69) is 54.0 Å². The second kappa shape index (κ2) is 17.3. The number of benzene rings is 3. The SMILES string of the molecule is CC.CCCCCCCCCCCCNC1=C(NCCc2cccc3ccccc23)C(=O)c2ccccc2C1=O. The fourth-order valence-corrected chi connectivity index (χ4v) is 5.37. The first-order valence-corrected chi connectivity index (χ1v) is 15.6. The minimum atomic E-state index is -0.108. The fourth-order valence-electron chi connectivity index (χ4n) is 5.37. The Bertz CT molecular complexity index is 1260. The lowest BCUT2D eigenvalue weighted by atomic mass is 9.90. The highest BCUT2D eigenvalue weighted by molar-refractivity contribution is 6.26. The maximum Gasteiger partial charge on any atom is 0.211 e. The molecule has 0 saturated carbocycles. The summed E-state index contributed by atoms with van der Waals surface area (Å²) in [5.41, 5.74) is 3.02. The van der Waals surface area contributed by atoms with Gasteiger partial charge in [0.25, 0.3) is 0 Å². The molecule has 40 heavy (non-hydrogen) atoms. The minimum absolute atomic E-state index is 0.0973. The third kappa shape index (κ3) is 8.55. The van der Waals surface area contributed by atoms with Gasteiger partial charge >= 0.3 is 0 Å². The number of allylic oxidation sites excluding steroid dienone is 2. The highest BCUT2D eigenvalue weighted by Gasteiger charge is 2.31. The Kier molecular flexibility index (Phi) is 13.5. The van der Waals surface area contributed by atoms with Crippen LogP contribution in [0.3, 0.4) is 0 Å². The highest BCUT2D eigenvalue weighted by atomic mass is 16.1. The van der Waals surface area contributed by atoms with Crippen LogP contribution in [0, 0.1) is 0 Å². The van der Waals surface area contributed by atoms with Crippen molar-refractivity contribution in [3.8, 4) is 0 Å². The van der Waals surface area contributed by atoms with Crippen LogP contribution < -0.4 is 10.6 Å². The molecule has 0 atom stereocenters. The molecule has 3 aromatic carbocycles. The average molecular weight is 541 g/mol. The first-order valence-electron chi connectivity index (χ1n) is 15.6. The van der Waals surface area contributed by atoms with Crippen LogP contribution >= 0.6 is 0 Å². The second-order valence-corrected chi connectivity index (χ2v) is 10.4. The van der Waals surface area contributed by atoms with E-state index < -0.39 is 0 Å². The van der Waals surface area contributed by atoms with Gasteiger partial charge in [-0.3, -0.25) is 9.59 Å². The van der Waals surface area contributed by atoms with Crippen LogP contribution in [0.1, 0.15) is 111 Å². The third-order valence-corrected chi connectivity index (χ3v) is 7.53. The summed E-state index contributed by atoms with van der Waals surface area (Å²) in [5.74, 6) is -0.205. The summed E-state index contributed by atoms with van der Waals surface area (Å²) < 4.78 is 0. The van der Waals surface area contributed by atoms with Gasteiger partial charge in [0.2, 0.25) is 11.6 Å². The van der Waals surface area contributed by atoms with Gasteiger partial charge < -0.3 is 10.6 Å². The zero-order valence-electron chi connectivity index (χ0n) is 24.9. The maximum atomic E-state index is 13.4. The zero-order chi connectivity index (χ0) is 28.6. The number of nitrogens with one attached hydrogen (secondary N) is 2. The average Bonchev–Trinajstić information content (AvgIpc) is 3.00. The first kappa shape index (κ1) is 31.1. The summed E-state index contributed by atoms with van der Waals surface area (Å²) in [4.78, 5) is 26.8. The number of unbranched alkanes of at least 4 members (excludes halogenated alkanes) is 9. The molecule has 3 aromatic rings. The predicted octanol–water partition coefficient (Wildman–Crippen LogP) is 8.80. The Morgan fingerprint density at radius 1 is 0.550 bits per heavy atom. The third-order valence-electron chi connectivity index (χ3n) is 7.53. The van der Waals surface area contributed by atoms with E-state index in [4.69, 9.17) is 0 Å². The van der Waals surface area contributed by atoms with Gasteiger partial charge in [-0.15, -0.1) is 0 Å². The van der Waals surface area contributed by atoms with Crippen LogP contribution in [0.2, 0.25) is 0 Å². The molecule has 2 N–H and O–H groups in total. The summed E-state index contributed by atoms with van der Waals surface area (Å²) in [6, 6.07) is 21.8. The van der Waals surface area contributed by atoms with E-state index in [1.165, 1.54) is 67.7 Å². The number of ketones is 2. The lowest BCUT2D eigenvalue weighted by Gasteiger charge is -2.23. The van der Waals surface area contributed by atoms with Gasteiger partial charge in [-0.25, -0.2) is 0 Å². The summed E-state index contributed by atoms with van der Waals surface area (Å²) in [6.07, 6.45) is 13.4. The van der Waals surface area contributed by atoms with Crippen molar-refractivity contribution in [3.63, 3.8) is 0 Å². The van der Waals surface area contributed by atoms with Crippen molar-refractivity contribution in [1.29, 1.82) is 0 Å². The molecular formula is C36H48N2O2. The maximum absolute atomic E-state index is 13.4. The van der Waals surface area contributed by atoms with E-state index in [1.54, 1.807) is 12.1 Å². The number of hydrogen-bond acceptors (Lipinski definition) is 4. The number of Topliss-reactive ketones (excluding diaryl/α,β-unsaturated/α-hetero) is 2. The Morgan fingerprint density at radius 2 is 1.05 bits per heavy atom. The van der Waals surface area contributed by atoms with E-state index >= 15 is 0 Å². The van der Waals surface area contributed by atoms with Gasteiger partial charge in [0.1, 0.15) is 11.4 Å². The van der Waals surface area contributed by atoms with E-state index in [-0.39, 0.29) is 11.6 Å². The molecule has 0 aromatic heterocycles. The standard InChI is InChI=1S/C34H42N2O2.C2H6/c1-2-3-4-5-6-7-8-9-10-15-24-35-31-32(34(38)30-22-14-13-21-29(30)33(31)37)36-25-23-27-19-16-18-26-17-11-12-20-28(26)27;1-2/h11-14,16-22,35-36H,2-10,15,23-25H2,1H3;1-2H3. The molecule has 0 unspecified atom stereocenters. The molecule has 1 aliphatic rings.